The number of carbonyl (C=O) groups excluding carboxylic acids is 2. The normalized spacial score (nSPS) is 13.7. The third-order valence-electron chi connectivity index (χ3n) is 5.45. The van der Waals surface area contributed by atoms with Gasteiger partial charge in [0, 0.05) is 25.5 Å². The van der Waals surface area contributed by atoms with Gasteiger partial charge in [0.05, 0.1) is 31.9 Å². The topological polar surface area (TPSA) is 124 Å². The first-order valence-electron chi connectivity index (χ1n) is 10.9. The number of benzene rings is 2. The van der Waals surface area contributed by atoms with Gasteiger partial charge in [-0.25, -0.2) is 10.1 Å². The van der Waals surface area contributed by atoms with E-state index in [0.29, 0.717) is 54.1 Å². The largest absolute Gasteiger partial charge is 0.493 e. The molecule has 1 aromatic heterocycles. The standard InChI is InChI=1S/C24H25N5O6/c1-28-24(32)18-6-4-3-5-17(18)22(27-28)23(31)26-25-14-16-7-8-19(20(13-16)33-2)35-15-21(30)29-9-11-34-12-10-29/h3-8,13-14H,9-12,15H2,1-2H3,(H,26,31)/b25-14+. The van der Waals surface area contributed by atoms with Gasteiger partial charge in [0.25, 0.3) is 17.4 Å². The van der Waals surface area contributed by atoms with E-state index in [1.807, 2.05) is 0 Å². The van der Waals surface area contributed by atoms with Crippen LogP contribution in [0.2, 0.25) is 0 Å². The summed E-state index contributed by atoms with van der Waals surface area (Å²) in [4.78, 5) is 38.9. The fourth-order valence-electron chi connectivity index (χ4n) is 3.61. The second-order valence-corrected chi connectivity index (χ2v) is 7.71. The van der Waals surface area contributed by atoms with Crippen LogP contribution in [-0.4, -0.2) is 72.7 Å². The highest BCUT2D eigenvalue weighted by Gasteiger charge is 2.18. The van der Waals surface area contributed by atoms with E-state index >= 15 is 0 Å². The smallest absolute Gasteiger partial charge is 0.292 e. The molecule has 0 aliphatic carbocycles. The average Bonchev–Trinajstić information content (AvgIpc) is 2.90. The van der Waals surface area contributed by atoms with Gasteiger partial charge in [0.1, 0.15) is 0 Å². The summed E-state index contributed by atoms with van der Waals surface area (Å²) in [5, 5.41) is 8.91. The van der Waals surface area contributed by atoms with Crippen molar-refractivity contribution in [3.63, 3.8) is 0 Å². The Balaban J connectivity index is 1.42. The lowest BCUT2D eigenvalue weighted by Gasteiger charge is -2.26. The summed E-state index contributed by atoms with van der Waals surface area (Å²) < 4.78 is 17.4. The molecule has 0 bridgehead atoms. The zero-order valence-corrected chi connectivity index (χ0v) is 19.4. The second kappa shape index (κ2) is 10.8. The summed E-state index contributed by atoms with van der Waals surface area (Å²) in [6, 6.07) is 11.8. The van der Waals surface area contributed by atoms with Crippen molar-refractivity contribution in [3.8, 4) is 11.5 Å². The van der Waals surface area contributed by atoms with Crippen molar-refractivity contribution in [1.29, 1.82) is 0 Å². The number of aryl methyl sites for hydroxylation is 1. The third kappa shape index (κ3) is 5.46. The van der Waals surface area contributed by atoms with Gasteiger partial charge in [-0.2, -0.15) is 10.2 Å². The Hall–Kier alpha value is -4.25. The first-order valence-corrected chi connectivity index (χ1v) is 10.9. The Morgan fingerprint density at radius 2 is 1.89 bits per heavy atom. The van der Waals surface area contributed by atoms with E-state index in [0.717, 1.165) is 4.68 Å². The molecule has 4 rings (SSSR count). The van der Waals surface area contributed by atoms with Gasteiger partial charge in [-0.15, -0.1) is 0 Å². The highest BCUT2D eigenvalue weighted by atomic mass is 16.5. The molecule has 2 aromatic carbocycles. The fraction of sp³-hybridized carbons (Fsp3) is 0.292. The molecule has 11 heteroatoms. The number of ether oxygens (including phenoxy) is 3. The molecule has 0 saturated carbocycles. The highest BCUT2D eigenvalue weighted by molar-refractivity contribution is 6.05. The number of hydrogen-bond donors (Lipinski definition) is 1. The van der Waals surface area contributed by atoms with Crippen molar-refractivity contribution in [2.24, 2.45) is 12.1 Å². The van der Waals surface area contributed by atoms with Crippen LogP contribution in [0.1, 0.15) is 16.1 Å². The van der Waals surface area contributed by atoms with E-state index in [-0.39, 0.29) is 23.8 Å². The molecule has 1 aliphatic heterocycles. The first kappa shape index (κ1) is 23.9. The van der Waals surface area contributed by atoms with Gasteiger partial charge in [-0.3, -0.25) is 14.4 Å². The number of carbonyl (C=O) groups is 2. The van der Waals surface area contributed by atoms with Crippen LogP contribution in [0.4, 0.5) is 0 Å². The average molecular weight is 479 g/mol. The Bertz CT molecular complexity index is 1330. The summed E-state index contributed by atoms with van der Waals surface area (Å²) in [6.07, 6.45) is 1.44. The molecule has 2 heterocycles. The lowest BCUT2D eigenvalue weighted by atomic mass is 10.1. The molecule has 35 heavy (non-hydrogen) atoms. The number of morpholine rings is 1. The monoisotopic (exact) mass is 479 g/mol. The van der Waals surface area contributed by atoms with E-state index in [1.165, 1.54) is 20.4 Å². The number of methoxy groups -OCH3 is 1. The summed E-state index contributed by atoms with van der Waals surface area (Å²) in [6.45, 7) is 2.03. The van der Waals surface area contributed by atoms with Gasteiger partial charge in [0.2, 0.25) is 0 Å². The van der Waals surface area contributed by atoms with Crippen molar-refractivity contribution in [2.75, 3.05) is 40.0 Å². The second-order valence-electron chi connectivity index (χ2n) is 7.71. The van der Waals surface area contributed by atoms with Crippen LogP contribution >= 0.6 is 0 Å². The Labute approximate surface area is 200 Å². The van der Waals surface area contributed by atoms with Crippen LogP contribution in [0.25, 0.3) is 10.8 Å². The van der Waals surface area contributed by atoms with Crippen LogP contribution in [-0.2, 0) is 16.6 Å². The molecule has 11 nitrogen and oxygen atoms in total. The minimum atomic E-state index is -0.554. The predicted octanol–water partition coefficient (Wildman–Crippen LogP) is 0.944. The number of fused-ring (bicyclic) bond motifs is 1. The quantitative estimate of drug-likeness (QED) is 0.395. The zero-order chi connectivity index (χ0) is 24.8. The van der Waals surface area contributed by atoms with Crippen molar-refractivity contribution in [2.45, 2.75) is 0 Å². The van der Waals surface area contributed by atoms with Gasteiger partial charge in [-0.05, 0) is 29.8 Å². The van der Waals surface area contributed by atoms with Gasteiger partial charge >= 0.3 is 0 Å². The van der Waals surface area contributed by atoms with Crippen molar-refractivity contribution in [1.82, 2.24) is 20.1 Å². The fourth-order valence-corrected chi connectivity index (χ4v) is 3.61. The zero-order valence-electron chi connectivity index (χ0n) is 19.4. The summed E-state index contributed by atoms with van der Waals surface area (Å²) >= 11 is 0. The number of aromatic nitrogens is 2. The number of nitrogens with one attached hydrogen (secondary N) is 1. The molecule has 182 valence electrons. The van der Waals surface area contributed by atoms with Crippen LogP contribution in [0.3, 0.4) is 0 Å². The van der Waals surface area contributed by atoms with E-state index in [4.69, 9.17) is 14.2 Å². The molecule has 0 atom stereocenters. The Morgan fingerprint density at radius 1 is 1.14 bits per heavy atom. The highest BCUT2D eigenvalue weighted by Crippen LogP contribution is 2.27. The maximum absolute atomic E-state index is 12.7. The maximum atomic E-state index is 12.7. The molecule has 1 saturated heterocycles. The van der Waals surface area contributed by atoms with Crippen molar-refractivity contribution in [3.05, 3.63) is 64.1 Å². The Morgan fingerprint density at radius 3 is 2.63 bits per heavy atom. The summed E-state index contributed by atoms with van der Waals surface area (Å²) in [5.41, 5.74) is 2.87. The molecule has 0 radical (unpaired) electrons. The Kier molecular flexibility index (Phi) is 7.36. The van der Waals surface area contributed by atoms with E-state index < -0.39 is 5.91 Å². The molecule has 2 amide bonds. The van der Waals surface area contributed by atoms with Crippen LogP contribution in [0.15, 0.2) is 52.4 Å². The number of nitrogens with zero attached hydrogens (tertiary/aromatic N) is 4. The maximum Gasteiger partial charge on any atom is 0.292 e. The van der Waals surface area contributed by atoms with Gasteiger partial charge < -0.3 is 19.1 Å². The predicted molar refractivity (Wildman–Crippen MR) is 128 cm³/mol. The van der Waals surface area contributed by atoms with Crippen molar-refractivity contribution >= 4 is 28.8 Å². The molecular weight excluding hydrogens is 454 g/mol. The minimum absolute atomic E-state index is 0.0890. The van der Waals surface area contributed by atoms with Crippen LogP contribution in [0, 0.1) is 0 Å². The first-order chi connectivity index (χ1) is 17.0. The lowest BCUT2D eigenvalue weighted by Crippen LogP contribution is -2.43. The molecule has 1 aliphatic rings. The van der Waals surface area contributed by atoms with E-state index in [1.54, 1.807) is 47.4 Å². The number of hydrogen-bond acceptors (Lipinski definition) is 8. The molecule has 0 unspecified atom stereocenters. The van der Waals surface area contributed by atoms with Crippen molar-refractivity contribution < 1.29 is 23.8 Å². The lowest BCUT2D eigenvalue weighted by molar-refractivity contribution is -0.137. The van der Waals surface area contributed by atoms with Gasteiger partial charge in [-0.1, -0.05) is 18.2 Å². The molecule has 0 spiro atoms. The summed E-state index contributed by atoms with van der Waals surface area (Å²) in [5.74, 6) is 0.154. The van der Waals surface area contributed by atoms with Crippen LogP contribution in [0.5, 0.6) is 11.5 Å². The molecular formula is C24H25N5O6. The van der Waals surface area contributed by atoms with E-state index in [2.05, 4.69) is 15.6 Å². The third-order valence-corrected chi connectivity index (χ3v) is 5.45. The summed E-state index contributed by atoms with van der Waals surface area (Å²) in [7, 11) is 2.98. The van der Waals surface area contributed by atoms with Crippen LogP contribution < -0.4 is 20.5 Å². The number of rotatable bonds is 7. The van der Waals surface area contributed by atoms with Gasteiger partial charge in [0.15, 0.2) is 23.8 Å². The SMILES string of the molecule is COc1cc(/C=N/NC(=O)c2nn(C)c(=O)c3ccccc23)ccc1OCC(=O)N1CCOCC1. The van der Waals surface area contributed by atoms with E-state index in [9.17, 15) is 14.4 Å². The molecule has 1 fully saturated rings. The minimum Gasteiger partial charge on any atom is -0.493 e. The number of amides is 2. The number of hydrazone groups is 1. The molecule has 1 N–H and O–H groups in total. The molecule has 3 aromatic rings.